The number of carboxylic acids is 3. The number of carboxylic acid groups (broad SMARTS) is 3. The Kier molecular flexibility index (Phi) is 21.3. The first-order chi connectivity index (χ1) is 30.1. The van der Waals surface area contributed by atoms with Gasteiger partial charge in [0.15, 0.2) is 0 Å². The zero-order valence-electron chi connectivity index (χ0n) is 35.2. The van der Waals surface area contributed by atoms with Gasteiger partial charge in [0, 0.05) is 82.4 Å². The maximum atomic E-state index is 15.0. The summed E-state index contributed by atoms with van der Waals surface area (Å²) in [6, 6.07) is 23.8. The van der Waals surface area contributed by atoms with Crippen molar-refractivity contribution in [2.45, 2.75) is 64.0 Å². The molecule has 23 heteroatoms. The lowest BCUT2D eigenvalue weighted by molar-refractivity contribution is -0.913. The molecule has 3 aromatic rings. The standard InChI is InChI=1S/C36H45FN6O.3C2HF3O2/c1-28-25-42(15-14-39-28)27-30-7-5-9-32(21-30)34-23-29(11-12-35(34)37)24-40-36(44)33-10-6-8-31(22-33)26-41-16-19-43(2,20-17-41)18-4-3-13-38;3*3-2(4,5)1(6)7/h5-12,21-23,28,39H,3-4,14-20,24-27H2,1-2H3;3*(H,6,7)/p+1/t28-;;;/m0.../s1. The van der Waals surface area contributed by atoms with Crippen molar-refractivity contribution in [3.8, 4) is 17.2 Å². The highest BCUT2D eigenvalue weighted by Crippen LogP contribution is 2.26. The predicted molar refractivity (Wildman–Crippen MR) is 214 cm³/mol. The Morgan fingerprint density at radius 1 is 0.769 bits per heavy atom. The van der Waals surface area contributed by atoms with Gasteiger partial charge in [-0.05, 0) is 59.5 Å². The number of carbonyl (C=O) groups excluding carboxylic acids is 1. The quantitative estimate of drug-likeness (QED) is 0.0786. The first-order valence-corrected chi connectivity index (χ1v) is 19.7. The third-order valence-corrected chi connectivity index (χ3v) is 9.80. The van der Waals surface area contributed by atoms with Crippen LogP contribution in [-0.2, 0) is 34.0 Å². The summed E-state index contributed by atoms with van der Waals surface area (Å²) in [5.41, 5.74) is 5.18. The van der Waals surface area contributed by atoms with Gasteiger partial charge in [-0.2, -0.15) is 44.8 Å². The van der Waals surface area contributed by atoms with Crippen molar-refractivity contribution >= 4 is 23.8 Å². The molecular weight excluding hydrogens is 890 g/mol. The number of nitrogens with one attached hydrogen (secondary N) is 2. The summed E-state index contributed by atoms with van der Waals surface area (Å²) in [7, 11) is 2.29. The van der Waals surface area contributed by atoms with Crippen LogP contribution in [0.3, 0.4) is 0 Å². The molecule has 3 aromatic carbocycles. The number of benzene rings is 3. The van der Waals surface area contributed by atoms with Crippen LogP contribution in [0.1, 0.15) is 46.8 Å². The number of nitrogens with zero attached hydrogens (tertiary/aromatic N) is 4. The van der Waals surface area contributed by atoms with Crippen molar-refractivity contribution in [1.82, 2.24) is 20.4 Å². The van der Waals surface area contributed by atoms with Crippen molar-refractivity contribution < 1.29 is 82.9 Å². The van der Waals surface area contributed by atoms with Crippen LogP contribution < -0.4 is 10.6 Å². The molecule has 2 aliphatic heterocycles. The molecule has 0 aromatic heterocycles. The fourth-order valence-electron chi connectivity index (χ4n) is 6.42. The summed E-state index contributed by atoms with van der Waals surface area (Å²) < 4.78 is 111. The maximum absolute atomic E-state index is 15.0. The molecule has 0 aliphatic carbocycles. The number of aliphatic carboxylic acids is 3. The van der Waals surface area contributed by atoms with Gasteiger partial charge in [0.25, 0.3) is 5.91 Å². The van der Waals surface area contributed by atoms with Crippen LogP contribution in [0.15, 0.2) is 66.7 Å². The molecule has 1 atom stereocenters. The Balaban J connectivity index is 0.000000571. The summed E-state index contributed by atoms with van der Waals surface area (Å²) in [5, 5.41) is 36.7. The van der Waals surface area contributed by atoms with Crippen LogP contribution in [-0.4, -0.2) is 137 Å². The smallest absolute Gasteiger partial charge is 0.475 e. The molecule has 5 N–H and O–H groups in total. The minimum absolute atomic E-state index is 0.134. The van der Waals surface area contributed by atoms with Crippen LogP contribution in [0.4, 0.5) is 43.9 Å². The molecule has 2 heterocycles. The highest BCUT2D eigenvalue weighted by molar-refractivity contribution is 5.94. The minimum atomic E-state index is -5.08. The van der Waals surface area contributed by atoms with E-state index in [0.29, 0.717) is 30.1 Å². The molecule has 65 heavy (non-hydrogen) atoms. The number of nitriles is 1. The normalized spacial score (nSPS) is 16.4. The Morgan fingerprint density at radius 3 is 1.82 bits per heavy atom. The lowest BCUT2D eigenvalue weighted by atomic mass is 10.00. The van der Waals surface area contributed by atoms with Crippen molar-refractivity contribution in [1.29, 1.82) is 5.26 Å². The molecule has 5 rings (SSSR count). The molecule has 2 fully saturated rings. The van der Waals surface area contributed by atoms with Crippen molar-refractivity contribution in [2.75, 3.05) is 59.4 Å². The number of hydrogen-bond donors (Lipinski definition) is 5. The molecule has 1 amide bonds. The third-order valence-electron chi connectivity index (χ3n) is 9.80. The SMILES string of the molecule is C[C@H]1CN(Cc2cccc(-c3cc(CNC(=O)c4cccc(CN5CC[N+](C)(CCCC#N)CC5)c4)ccc3F)c2)CCN1.O=C(O)C(F)(F)F.O=C(O)C(F)(F)F.O=C(O)C(F)(F)F. The summed E-state index contributed by atoms with van der Waals surface area (Å²) in [4.78, 5) is 44.7. The monoisotopic (exact) mass is 939 g/mol. The van der Waals surface area contributed by atoms with Crippen molar-refractivity contribution in [3.05, 3.63) is 94.8 Å². The van der Waals surface area contributed by atoms with Gasteiger partial charge in [-0.25, -0.2) is 18.8 Å². The van der Waals surface area contributed by atoms with E-state index in [9.17, 15) is 48.7 Å². The zero-order valence-corrected chi connectivity index (χ0v) is 35.2. The van der Waals surface area contributed by atoms with Gasteiger partial charge in [0.05, 0.1) is 32.8 Å². The summed E-state index contributed by atoms with van der Waals surface area (Å²) >= 11 is 0. The molecule has 0 bridgehead atoms. The van der Waals surface area contributed by atoms with Gasteiger partial charge in [0.2, 0.25) is 0 Å². The first kappa shape index (κ1) is 55.3. The van der Waals surface area contributed by atoms with Crippen molar-refractivity contribution in [3.63, 3.8) is 0 Å². The third kappa shape index (κ3) is 20.7. The Morgan fingerprint density at radius 2 is 1.29 bits per heavy atom. The van der Waals surface area contributed by atoms with E-state index in [4.69, 9.17) is 35.0 Å². The first-order valence-electron chi connectivity index (χ1n) is 19.7. The Labute approximate surface area is 367 Å². The van der Waals surface area contributed by atoms with E-state index in [0.717, 1.165) is 93.0 Å². The number of quaternary nitrogens is 1. The largest absolute Gasteiger partial charge is 0.490 e. The highest BCUT2D eigenvalue weighted by Gasteiger charge is 2.39. The fourth-order valence-corrected chi connectivity index (χ4v) is 6.42. The second-order valence-corrected chi connectivity index (χ2v) is 15.2. The van der Waals surface area contributed by atoms with Gasteiger partial charge < -0.3 is 30.4 Å². The number of alkyl halides is 9. The van der Waals surface area contributed by atoms with E-state index in [1.54, 1.807) is 6.07 Å². The average Bonchev–Trinajstić information content (AvgIpc) is 3.21. The Hall–Kier alpha value is -5.83. The summed E-state index contributed by atoms with van der Waals surface area (Å²) in [6.07, 6.45) is -13.7. The molecular formula is C42H49F10N6O7+. The van der Waals surface area contributed by atoms with Crippen LogP contribution in [0.25, 0.3) is 11.1 Å². The van der Waals surface area contributed by atoms with Crippen LogP contribution in [0.5, 0.6) is 0 Å². The second kappa shape index (κ2) is 25.0. The van der Waals surface area contributed by atoms with E-state index in [-0.39, 0.29) is 11.7 Å². The van der Waals surface area contributed by atoms with E-state index < -0.39 is 36.4 Å². The minimum Gasteiger partial charge on any atom is -0.475 e. The second-order valence-electron chi connectivity index (χ2n) is 15.2. The lowest BCUT2D eigenvalue weighted by Gasteiger charge is -2.42. The van der Waals surface area contributed by atoms with E-state index in [2.05, 4.69) is 58.7 Å². The summed E-state index contributed by atoms with van der Waals surface area (Å²) in [6.45, 7) is 12.4. The Bertz CT molecular complexity index is 2030. The number of likely N-dealkylation sites (N-methyl/N-ethyl adjacent to an activating group) is 1. The van der Waals surface area contributed by atoms with Gasteiger partial charge >= 0.3 is 36.4 Å². The van der Waals surface area contributed by atoms with E-state index >= 15 is 0 Å². The molecule has 358 valence electrons. The number of amides is 1. The maximum Gasteiger partial charge on any atom is 0.490 e. The van der Waals surface area contributed by atoms with Gasteiger partial charge in [-0.1, -0.05) is 36.4 Å². The number of piperazine rings is 2. The number of rotatable bonds is 11. The van der Waals surface area contributed by atoms with Crippen LogP contribution in [0, 0.1) is 17.1 Å². The number of carbonyl (C=O) groups is 4. The number of hydrogen-bond acceptors (Lipinski definition) is 8. The molecule has 0 unspecified atom stereocenters. The molecule has 0 radical (unpaired) electrons. The lowest BCUT2D eigenvalue weighted by Crippen LogP contribution is -2.57. The molecule has 0 saturated carbocycles. The van der Waals surface area contributed by atoms with E-state index in [1.165, 1.54) is 11.6 Å². The average molecular weight is 940 g/mol. The zero-order chi connectivity index (χ0) is 49.2. The number of unbranched alkanes of at least 4 members (excludes halogenated alkanes) is 1. The predicted octanol–water partition coefficient (Wildman–Crippen LogP) is 6.68. The summed E-state index contributed by atoms with van der Waals surface area (Å²) in [5.74, 6) is -8.67. The molecule has 0 spiro atoms. The highest BCUT2D eigenvalue weighted by atomic mass is 19.4. The van der Waals surface area contributed by atoms with Crippen LogP contribution in [0.2, 0.25) is 0 Å². The van der Waals surface area contributed by atoms with Crippen molar-refractivity contribution in [2.24, 2.45) is 0 Å². The topological polar surface area (TPSA) is 183 Å². The number of halogens is 10. The molecule has 2 aliphatic rings. The molecule has 2 saturated heterocycles. The van der Waals surface area contributed by atoms with Crippen LogP contribution >= 0.6 is 0 Å². The van der Waals surface area contributed by atoms with E-state index in [1.807, 2.05) is 36.4 Å². The van der Waals surface area contributed by atoms with Gasteiger partial charge in [0.1, 0.15) is 5.82 Å². The van der Waals surface area contributed by atoms with Gasteiger partial charge in [-0.3, -0.25) is 14.6 Å². The fraction of sp³-hybridized carbons (Fsp3) is 0.452. The molecule has 13 nitrogen and oxygen atoms in total. The van der Waals surface area contributed by atoms with Gasteiger partial charge in [-0.15, -0.1) is 0 Å².